The van der Waals surface area contributed by atoms with E-state index in [1.54, 1.807) is 25.2 Å². The summed E-state index contributed by atoms with van der Waals surface area (Å²) in [5.74, 6) is -0.411. The Morgan fingerprint density at radius 2 is 2.22 bits per heavy atom. The highest BCUT2D eigenvalue weighted by Gasteiger charge is 2.42. The standard InChI is InChI=1S/C16H19N3O4/c1-18-12-3-2-11(8-13(12)23-15(18)21)17-14(20)19-6-4-16(9-19)5-7-22-10-16/h2-3,8H,4-7,9-10H2,1H3,(H,17,20)/t16-/m0/s1. The number of likely N-dealkylation sites (tertiary alicyclic amines) is 1. The molecule has 4 rings (SSSR count). The zero-order valence-electron chi connectivity index (χ0n) is 13.0. The summed E-state index contributed by atoms with van der Waals surface area (Å²) in [7, 11) is 1.65. The SMILES string of the molecule is Cn1c(=O)oc2cc(NC(=O)N3CC[C@]4(CCOC4)C3)ccc21. The number of hydrogen-bond donors (Lipinski definition) is 1. The van der Waals surface area contributed by atoms with Gasteiger partial charge in [-0.15, -0.1) is 0 Å². The Morgan fingerprint density at radius 1 is 1.35 bits per heavy atom. The van der Waals surface area contributed by atoms with Gasteiger partial charge in [-0.3, -0.25) is 4.57 Å². The highest BCUT2D eigenvalue weighted by atomic mass is 16.5. The molecule has 0 bridgehead atoms. The molecule has 23 heavy (non-hydrogen) atoms. The largest absolute Gasteiger partial charge is 0.419 e. The minimum atomic E-state index is -0.411. The number of hydrogen-bond acceptors (Lipinski definition) is 4. The van der Waals surface area contributed by atoms with Crippen molar-refractivity contribution >= 4 is 22.8 Å². The monoisotopic (exact) mass is 317 g/mol. The molecule has 7 nitrogen and oxygen atoms in total. The van der Waals surface area contributed by atoms with E-state index < -0.39 is 5.76 Å². The number of nitrogens with zero attached hydrogens (tertiary/aromatic N) is 2. The first-order valence-corrected chi connectivity index (χ1v) is 7.80. The number of amides is 2. The summed E-state index contributed by atoms with van der Waals surface area (Å²) in [4.78, 5) is 25.8. The molecule has 1 aromatic heterocycles. The summed E-state index contributed by atoms with van der Waals surface area (Å²) in [6.45, 7) is 3.02. The number of aryl methyl sites for hydroxylation is 1. The summed E-state index contributed by atoms with van der Waals surface area (Å²) in [5.41, 5.74) is 1.95. The van der Waals surface area contributed by atoms with Crippen LogP contribution < -0.4 is 11.1 Å². The van der Waals surface area contributed by atoms with Crippen LogP contribution in [0.25, 0.3) is 11.1 Å². The predicted octanol–water partition coefficient (Wildman–Crippen LogP) is 1.78. The summed E-state index contributed by atoms with van der Waals surface area (Å²) >= 11 is 0. The van der Waals surface area contributed by atoms with Gasteiger partial charge in [0.15, 0.2) is 5.58 Å². The molecule has 0 unspecified atom stereocenters. The topological polar surface area (TPSA) is 76.7 Å². The first-order chi connectivity index (χ1) is 11.1. The smallest absolute Gasteiger partial charge is 0.408 e. The Morgan fingerprint density at radius 3 is 3.00 bits per heavy atom. The van der Waals surface area contributed by atoms with E-state index in [2.05, 4.69) is 5.32 Å². The van der Waals surface area contributed by atoms with Crippen molar-refractivity contribution in [1.82, 2.24) is 9.47 Å². The van der Waals surface area contributed by atoms with Crippen LogP contribution in [-0.2, 0) is 11.8 Å². The second kappa shape index (κ2) is 5.13. The lowest BCUT2D eigenvalue weighted by Gasteiger charge is -2.22. The number of anilines is 1. The number of carbonyl (C=O) groups excluding carboxylic acids is 1. The van der Waals surface area contributed by atoms with Crippen LogP contribution in [0.5, 0.6) is 0 Å². The molecule has 2 aliphatic rings. The number of fused-ring (bicyclic) bond motifs is 1. The Hall–Kier alpha value is -2.28. The van der Waals surface area contributed by atoms with Crippen LogP contribution in [0.1, 0.15) is 12.8 Å². The second-order valence-corrected chi connectivity index (χ2v) is 6.51. The van der Waals surface area contributed by atoms with E-state index in [0.29, 0.717) is 16.8 Å². The third-order valence-electron chi connectivity index (χ3n) is 4.95. The van der Waals surface area contributed by atoms with E-state index in [4.69, 9.17) is 9.15 Å². The van der Waals surface area contributed by atoms with E-state index in [9.17, 15) is 9.59 Å². The summed E-state index contributed by atoms with van der Waals surface area (Å²) in [6.07, 6.45) is 2.02. The number of carbonyl (C=O) groups is 1. The molecule has 2 aliphatic heterocycles. The number of aromatic nitrogens is 1. The molecule has 3 heterocycles. The van der Waals surface area contributed by atoms with E-state index in [0.717, 1.165) is 39.1 Å². The Balaban J connectivity index is 1.49. The van der Waals surface area contributed by atoms with Crippen molar-refractivity contribution in [3.8, 4) is 0 Å². The fourth-order valence-electron chi connectivity index (χ4n) is 3.49. The van der Waals surface area contributed by atoms with Crippen LogP contribution in [0, 0.1) is 5.41 Å². The average molecular weight is 317 g/mol. The van der Waals surface area contributed by atoms with E-state index >= 15 is 0 Å². The number of urea groups is 1. The van der Waals surface area contributed by atoms with Crippen molar-refractivity contribution in [2.75, 3.05) is 31.6 Å². The van der Waals surface area contributed by atoms with Gasteiger partial charge in [-0.05, 0) is 25.0 Å². The van der Waals surface area contributed by atoms with Gasteiger partial charge < -0.3 is 19.4 Å². The zero-order valence-corrected chi connectivity index (χ0v) is 13.0. The molecular formula is C16H19N3O4. The van der Waals surface area contributed by atoms with Gasteiger partial charge in [-0.2, -0.15) is 0 Å². The van der Waals surface area contributed by atoms with Crippen molar-refractivity contribution in [2.45, 2.75) is 12.8 Å². The molecule has 1 N–H and O–H groups in total. The van der Waals surface area contributed by atoms with Gasteiger partial charge >= 0.3 is 11.8 Å². The van der Waals surface area contributed by atoms with Crippen LogP contribution in [0.2, 0.25) is 0 Å². The second-order valence-electron chi connectivity index (χ2n) is 6.51. The maximum absolute atomic E-state index is 12.4. The molecule has 1 atom stereocenters. The molecule has 122 valence electrons. The molecule has 0 radical (unpaired) electrons. The van der Waals surface area contributed by atoms with Crippen LogP contribution in [-0.4, -0.2) is 41.8 Å². The van der Waals surface area contributed by atoms with Gasteiger partial charge in [0, 0.05) is 43.9 Å². The van der Waals surface area contributed by atoms with Crippen LogP contribution in [0.3, 0.4) is 0 Å². The van der Waals surface area contributed by atoms with Crippen LogP contribution in [0.15, 0.2) is 27.4 Å². The van der Waals surface area contributed by atoms with Gasteiger partial charge in [0.2, 0.25) is 0 Å². The van der Waals surface area contributed by atoms with Crippen molar-refractivity contribution in [3.63, 3.8) is 0 Å². The van der Waals surface area contributed by atoms with Gasteiger partial charge in [-0.25, -0.2) is 9.59 Å². The summed E-state index contributed by atoms with van der Waals surface area (Å²) in [6, 6.07) is 5.11. The zero-order chi connectivity index (χ0) is 16.0. The molecule has 2 aromatic rings. The van der Waals surface area contributed by atoms with E-state index in [-0.39, 0.29) is 11.4 Å². The highest BCUT2D eigenvalue weighted by Crippen LogP contribution is 2.38. The maximum atomic E-state index is 12.4. The predicted molar refractivity (Wildman–Crippen MR) is 84.5 cm³/mol. The number of nitrogens with one attached hydrogen (secondary N) is 1. The lowest BCUT2D eigenvalue weighted by molar-refractivity contribution is 0.154. The lowest BCUT2D eigenvalue weighted by atomic mass is 9.87. The molecule has 0 saturated carbocycles. The molecule has 1 spiro atoms. The number of ether oxygens (including phenoxy) is 1. The molecule has 7 heteroatoms. The molecule has 2 amide bonds. The van der Waals surface area contributed by atoms with E-state index in [1.165, 1.54) is 4.57 Å². The molecule has 2 fully saturated rings. The Labute approximate surface area is 132 Å². The van der Waals surface area contributed by atoms with Crippen LogP contribution in [0.4, 0.5) is 10.5 Å². The minimum absolute atomic E-state index is 0.119. The fraction of sp³-hybridized carbons (Fsp3) is 0.500. The number of benzene rings is 1. The number of oxazole rings is 1. The quantitative estimate of drug-likeness (QED) is 0.870. The molecule has 2 saturated heterocycles. The van der Waals surface area contributed by atoms with Crippen LogP contribution >= 0.6 is 0 Å². The first kappa shape index (κ1) is 14.3. The lowest BCUT2D eigenvalue weighted by Crippen LogP contribution is -2.35. The van der Waals surface area contributed by atoms with Gasteiger partial charge in [0.1, 0.15) is 0 Å². The summed E-state index contributed by atoms with van der Waals surface area (Å²) < 4.78 is 12.1. The number of rotatable bonds is 1. The average Bonchev–Trinajstić information content (AvgIpc) is 3.23. The molecule has 1 aromatic carbocycles. The van der Waals surface area contributed by atoms with E-state index in [1.807, 2.05) is 4.90 Å². The molecule has 0 aliphatic carbocycles. The third kappa shape index (κ3) is 2.41. The Bertz CT molecular complexity index is 816. The van der Waals surface area contributed by atoms with Crippen molar-refractivity contribution in [1.29, 1.82) is 0 Å². The van der Waals surface area contributed by atoms with Gasteiger partial charge in [0.05, 0.1) is 12.1 Å². The van der Waals surface area contributed by atoms with Gasteiger partial charge in [0.25, 0.3) is 0 Å². The normalized spacial score (nSPS) is 24.0. The highest BCUT2D eigenvalue weighted by molar-refractivity contribution is 5.91. The fourth-order valence-corrected chi connectivity index (χ4v) is 3.49. The Kier molecular flexibility index (Phi) is 3.19. The molecular weight excluding hydrogens is 298 g/mol. The summed E-state index contributed by atoms with van der Waals surface area (Å²) in [5, 5.41) is 2.89. The third-order valence-corrected chi connectivity index (χ3v) is 4.95. The van der Waals surface area contributed by atoms with Crippen molar-refractivity contribution < 1.29 is 13.9 Å². The maximum Gasteiger partial charge on any atom is 0.419 e. The first-order valence-electron chi connectivity index (χ1n) is 7.80. The van der Waals surface area contributed by atoms with Crippen molar-refractivity contribution in [3.05, 3.63) is 28.7 Å². The van der Waals surface area contributed by atoms with Crippen molar-refractivity contribution in [2.24, 2.45) is 12.5 Å². The van der Waals surface area contributed by atoms with Gasteiger partial charge in [-0.1, -0.05) is 0 Å². The minimum Gasteiger partial charge on any atom is -0.408 e.